The van der Waals surface area contributed by atoms with Gasteiger partial charge in [0.15, 0.2) is 11.5 Å². The first-order chi connectivity index (χ1) is 28.5. The number of aliphatic hydroxyl groups excluding tert-OH is 1. The second-order valence-corrected chi connectivity index (χ2v) is 18.3. The number of rotatable bonds is 19. The molecule has 3 fully saturated rings. The summed E-state index contributed by atoms with van der Waals surface area (Å²) < 4.78 is 13.3. The zero-order valence-electron chi connectivity index (χ0n) is 34.7. The van der Waals surface area contributed by atoms with Gasteiger partial charge in [0.25, 0.3) is 0 Å². The Morgan fingerprint density at radius 3 is 2.14 bits per heavy atom. The molecule has 4 aromatic rings. The molecule has 1 spiro atoms. The molecule has 58 heavy (non-hydrogen) atoms. The van der Waals surface area contributed by atoms with Gasteiger partial charge in [-0.15, -0.1) is 0 Å². The molecule has 1 saturated heterocycles. The number of likely N-dealkylation sites (tertiary alicyclic amines) is 1. The van der Waals surface area contributed by atoms with Crippen LogP contribution in [0.5, 0.6) is 11.5 Å². The van der Waals surface area contributed by atoms with Crippen LogP contribution in [0, 0.1) is 11.8 Å². The lowest BCUT2D eigenvalue weighted by molar-refractivity contribution is -0.143. The average Bonchev–Trinajstić information content (AvgIpc) is 3.85. The highest BCUT2D eigenvalue weighted by Crippen LogP contribution is 2.64. The van der Waals surface area contributed by atoms with Gasteiger partial charge in [0.2, 0.25) is 5.91 Å². The quantitative estimate of drug-likeness (QED) is 0.0961. The van der Waals surface area contributed by atoms with E-state index in [1.165, 1.54) is 72.8 Å². The number of unbranched alkanes of at least 4 members (excludes halogenated alkanes) is 7. The van der Waals surface area contributed by atoms with Gasteiger partial charge < -0.3 is 19.5 Å². The van der Waals surface area contributed by atoms with Crippen LogP contribution in [0.25, 0.3) is 0 Å². The number of benzene rings is 4. The average molecular weight is 781 g/mol. The molecule has 2 saturated carbocycles. The van der Waals surface area contributed by atoms with E-state index in [4.69, 9.17) is 9.47 Å². The first-order valence-electron chi connectivity index (χ1n) is 22.8. The molecular formula is C52H64N2O4. The van der Waals surface area contributed by atoms with Crippen molar-refractivity contribution in [3.8, 4) is 11.5 Å². The summed E-state index contributed by atoms with van der Waals surface area (Å²) in [6, 6.07) is 37.3. The number of carbonyl (C=O) groups excluding carboxylic acids is 1. The lowest BCUT2D eigenvalue weighted by Crippen LogP contribution is -2.69. The molecule has 6 nitrogen and oxygen atoms in total. The van der Waals surface area contributed by atoms with E-state index in [9.17, 15) is 5.11 Å². The summed E-state index contributed by atoms with van der Waals surface area (Å²) in [5, 5.41) is 10.3. The maximum Gasteiger partial charge on any atom is 0.222 e. The molecule has 0 aromatic heterocycles. The Morgan fingerprint density at radius 2 is 1.48 bits per heavy atom. The third-order valence-corrected chi connectivity index (χ3v) is 14.9. The standard InChI is InChI=1S/C52H64N2O4/c1-57-47-30-27-40-33-45-43-28-29-44(51-52(43,49(40)50(47)58-51)31-32-53(45)35-41-34-46(41)55)54(36-42(38-22-14-9-15-23-38)39-24-16-10-17-25-39)48(56)26-18-7-5-3-2-4-6-11-19-37-20-12-8-13-21-37/h8-10,12-17,20-25,27,30,41-46,51,55H,2-7,11,18-19,26,28-29,31-36H2,1H3/t41?,43-,44+,45+,46?,51-,52-/m0/s1. The largest absolute Gasteiger partial charge is 0.493 e. The topological polar surface area (TPSA) is 62.2 Å². The van der Waals surface area contributed by atoms with E-state index in [-0.39, 0.29) is 35.5 Å². The number of hydrogen-bond donors (Lipinski definition) is 1. The van der Waals surface area contributed by atoms with E-state index in [1.807, 2.05) is 0 Å². The van der Waals surface area contributed by atoms with Crippen molar-refractivity contribution in [2.45, 2.75) is 132 Å². The van der Waals surface area contributed by atoms with Crippen molar-refractivity contribution in [2.75, 3.05) is 26.7 Å². The van der Waals surface area contributed by atoms with E-state index in [0.29, 0.717) is 30.8 Å². The Kier molecular flexibility index (Phi) is 11.9. The first-order valence-corrected chi connectivity index (χ1v) is 22.8. The summed E-state index contributed by atoms with van der Waals surface area (Å²) in [7, 11) is 1.76. The zero-order valence-corrected chi connectivity index (χ0v) is 34.7. The minimum absolute atomic E-state index is 0.0323. The van der Waals surface area contributed by atoms with Crippen LogP contribution < -0.4 is 9.47 Å². The molecule has 2 aliphatic heterocycles. The normalized spacial score (nSPS) is 26.5. The van der Waals surface area contributed by atoms with Crippen LogP contribution in [0.1, 0.15) is 117 Å². The van der Waals surface area contributed by atoms with Gasteiger partial charge in [-0.05, 0) is 92.1 Å². The highest BCUT2D eigenvalue weighted by Gasteiger charge is 2.67. The molecule has 9 rings (SSSR count). The Morgan fingerprint density at radius 1 is 0.845 bits per heavy atom. The van der Waals surface area contributed by atoms with Crippen LogP contribution in [0.2, 0.25) is 0 Å². The molecule has 1 N–H and O–H groups in total. The van der Waals surface area contributed by atoms with Crippen LogP contribution >= 0.6 is 0 Å². The van der Waals surface area contributed by atoms with Crippen LogP contribution in [0.15, 0.2) is 103 Å². The Labute approximate surface area is 346 Å². The zero-order chi connectivity index (χ0) is 39.5. The van der Waals surface area contributed by atoms with Gasteiger partial charge in [-0.1, -0.05) is 136 Å². The molecule has 1 amide bonds. The number of carbonyl (C=O) groups is 1. The van der Waals surface area contributed by atoms with E-state index in [0.717, 1.165) is 69.5 Å². The van der Waals surface area contributed by atoms with Gasteiger partial charge in [0.05, 0.1) is 19.3 Å². The molecule has 2 bridgehead atoms. The summed E-state index contributed by atoms with van der Waals surface area (Å²) in [5.41, 5.74) is 6.55. The van der Waals surface area contributed by atoms with Crippen molar-refractivity contribution in [3.05, 3.63) is 131 Å². The minimum Gasteiger partial charge on any atom is -0.493 e. The molecule has 306 valence electrons. The summed E-state index contributed by atoms with van der Waals surface area (Å²) in [5.74, 6) is 2.94. The Hall–Kier alpha value is -4.13. The second kappa shape index (κ2) is 17.6. The highest BCUT2D eigenvalue weighted by molar-refractivity contribution is 5.77. The van der Waals surface area contributed by atoms with Crippen molar-refractivity contribution in [1.82, 2.24) is 9.80 Å². The van der Waals surface area contributed by atoms with Crippen molar-refractivity contribution in [1.29, 1.82) is 0 Å². The molecular weight excluding hydrogens is 717 g/mol. The first kappa shape index (κ1) is 39.3. The van der Waals surface area contributed by atoms with Crippen molar-refractivity contribution >= 4 is 5.91 Å². The number of aryl methyl sites for hydroxylation is 1. The fraction of sp³-hybridized carbons (Fsp3) is 0.519. The molecule has 3 aliphatic carbocycles. The summed E-state index contributed by atoms with van der Waals surface area (Å²) in [6.45, 7) is 2.63. The molecule has 6 heteroatoms. The molecule has 5 aliphatic rings. The smallest absolute Gasteiger partial charge is 0.222 e. The van der Waals surface area contributed by atoms with Crippen molar-refractivity contribution in [3.63, 3.8) is 0 Å². The number of hydrogen-bond acceptors (Lipinski definition) is 5. The molecule has 7 atom stereocenters. The number of aliphatic hydroxyl groups is 1. The predicted octanol–water partition coefficient (Wildman–Crippen LogP) is 9.90. The van der Waals surface area contributed by atoms with E-state index in [1.54, 1.807) is 7.11 Å². The number of amides is 1. The maximum atomic E-state index is 15.0. The van der Waals surface area contributed by atoms with Gasteiger partial charge in [-0.2, -0.15) is 0 Å². The highest BCUT2D eigenvalue weighted by atomic mass is 16.5. The van der Waals surface area contributed by atoms with Crippen LogP contribution in [-0.4, -0.2) is 71.8 Å². The molecule has 2 unspecified atom stereocenters. The van der Waals surface area contributed by atoms with Gasteiger partial charge in [0.1, 0.15) is 6.10 Å². The van der Waals surface area contributed by atoms with E-state index in [2.05, 4.69) is 113 Å². The molecule has 0 radical (unpaired) electrons. The summed E-state index contributed by atoms with van der Waals surface area (Å²) >= 11 is 0. The van der Waals surface area contributed by atoms with Gasteiger partial charge in [-0.3, -0.25) is 9.69 Å². The minimum atomic E-state index is -0.154. The van der Waals surface area contributed by atoms with Gasteiger partial charge in [0, 0.05) is 48.4 Å². The number of nitrogens with zero attached hydrogens (tertiary/aromatic N) is 2. The molecule has 2 heterocycles. The molecule has 4 aromatic carbocycles. The van der Waals surface area contributed by atoms with E-state index < -0.39 is 0 Å². The summed E-state index contributed by atoms with van der Waals surface area (Å²) in [6.07, 6.45) is 16.1. The van der Waals surface area contributed by atoms with Gasteiger partial charge in [-0.25, -0.2) is 0 Å². The third kappa shape index (κ3) is 7.84. The Bertz CT molecular complexity index is 1930. The SMILES string of the molecule is COc1ccc2c3c1O[C@H]1[C@H](N(CC(c4ccccc4)c4ccccc4)C(=O)CCCCCCCCCCc4ccccc4)CC[C@H]4[C@@H](C2)N(CC2CC2O)CC[C@@]341. The van der Waals surface area contributed by atoms with Crippen LogP contribution in [0.4, 0.5) is 0 Å². The predicted molar refractivity (Wildman–Crippen MR) is 232 cm³/mol. The second-order valence-electron chi connectivity index (χ2n) is 18.3. The Balaban J connectivity index is 0.942. The number of piperidine rings is 1. The van der Waals surface area contributed by atoms with Crippen LogP contribution in [0.3, 0.4) is 0 Å². The lowest BCUT2D eigenvalue weighted by Gasteiger charge is -2.60. The fourth-order valence-electron chi connectivity index (χ4n) is 11.9. The summed E-state index contributed by atoms with van der Waals surface area (Å²) in [4.78, 5) is 20.0. The third-order valence-electron chi connectivity index (χ3n) is 14.9. The fourth-order valence-corrected chi connectivity index (χ4v) is 11.9. The van der Waals surface area contributed by atoms with Crippen molar-refractivity contribution in [2.24, 2.45) is 11.8 Å². The van der Waals surface area contributed by atoms with E-state index >= 15 is 4.79 Å². The number of methoxy groups -OCH3 is 1. The van der Waals surface area contributed by atoms with Crippen LogP contribution in [-0.2, 0) is 23.1 Å². The number of ether oxygens (including phenoxy) is 2. The monoisotopic (exact) mass is 780 g/mol. The maximum absolute atomic E-state index is 15.0. The van der Waals surface area contributed by atoms with Gasteiger partial charge >= 0.3 is 0 Å². The van der Waals surface area contributed by atoms with Crippen molar-refractivity contribution < 1.29 is 19.4 Å². The lowest BCUT2D eigenvalue weighted by atomic mass is 9.51.